The quantitative estimate of drug-likeness (QED) is 0.233. The van der Waals surface area contributed by atoms with E-state index in [1.165, 1.54) is 25.6 Å². The first kappa shape index (κ1) is 26.1. The van der Waals surface area contributed by atoms with Gasteiger partial charge in [-0.15, -0.1) is 0 Å². The average Bonchev–Trinajstić information content (AvgIpc) is 2.82. The number of hydrogen-bond donors (Lipinski definition) is 3. The molecule has 0 aliphatic heterocycles. The summed E-state index contributed by atoms with van der Waals surface area (Å²) in [7, 11) is 1.47. The molecule has 1 amide bonds. The molecule has 0 saturated heterocycles. The number of carbonyl (C=O) groups is 2. The topological polar surface area (TPSA) is 140 Å². The Hall–Kier alpha value is -3.50. The van der Waals surface area contributed by atoms with Gasteiger partial charge in [-0.25, -0.2) is 4.79 Å². The smallest absolute Gasteiger partial charge is 0.338 e. The van der Waals surface area contributed by atoms with Crippen molar-refractivity contribution >= 4 is 57.4 Å². The van der Waals surface area contributed by atoms with Gasteiger partial charge in [-0.05, 0) is 31.4 Å². The average molecular weight is 524 g/mol. The summed E-state index contributed by atoms with van der Waals surface area (Å²) < 4.78 is 16.7. The number of ether oxygens (including phenoxy) is 2. The van der Waals surface area contributed by atoms with Crippen LogP contribution in [0.2, 0.25) is 10.0 Å². The molecule has 2 aromatic heterocycles. The van der Waals surface area contributed by atoms with E-state index in [1.807, 2.05) is 0 Å². The van der Waals surface area contributed by atoms with Crippen LogP contribution in [0.1, 0.15) is 25.7 Å². The first-order valence-electron chi connectivity index (χ1n) is 10.6. The molecule has 2 heterocycles. The number of benzene rings is 1. The van der Waals surface area contributed by atoms with Crippen molar-refractivity contribution in [2.24, 2.45) is 0 Å². The Kier molecular flexibility index (Phi) is 9.16. The number of methoxy groups -OCH3 is 1. The summed E-state index contributed by atoms with van der Waals surface area (Å²) in [6, 6.07) is 4.68. The molecule has 0 aliphatic rings. The molecule has 12 heteroatoms. The second-order valence-electron chi connectivity index (χ2n) is 7.39. The second kappa shape index (κ2) is 12.3. The zero-order valence-electron chi connectivity index (χ0n) is 18.7. The van der Waals surface area contributed by atoms with Crippen molar-refractivity contribution in [2.45, 2.75) is 25.7 Å². The van der Waals surface area contributed by atoms with Gasteiger partial charge in [-0.2, -0.15) is 0 Å². The lowest BCUT2D eigenvalue weighted by Gasteiger charge is -2.15. The Morgan fingerprint density at radius 1 is 1.14 bits per heavy atom. The first-order chi connectivity index (χ1) is 16.8. The van der Waals surface area contributed by atoms with Gasteiger partial charge in [0.15, 0.2) is 11.3 Å². The highest BCUT2D eigenvalue weighted by Gasteiger charge is 2.18. The second-order valence-corrected chi connectivity index (χ2v) is 8.20. The number of carboxylic acid groups (broad SMARTS) is 1. The van der Waals surface area contributed by atoms with Gasteiger partial charge in [0, 0.05) is 30.3 Å². The number of fused-ring (bicyclic) bond motifs is 1. The number of nitrogens with zero attached hydrogens (tertiary/aromatic N) is 1. The van der Waals surface area contributed by atoms with Crippen LogP contribution in [0.15, 0.2) is 39.8 Å². The van der Waals surface area contributed by atoms with Gasteiger partial charge in [0.2, 0.25) is 11.7 Å². The van der Waals surface area contributed by atoms with E-state index in [2.05, 4.69) is 15.6 Å². The molecule has 0 radical (unpaired) electrons. The van der Waals surface area contributed by atoms with Gasteiger partial charge in [-0.3, -0.25) is 14.6 Å². The van der Waals surface area contributed by atoms with Gasteiger partial charge < -0.3 is 29.6 Å². The molecule has 0 spiro atoms. The number of carbonyl (C=O) groups excluding carboxylic acids is 1. The lowest BCUT2D eigenvalue weighted by molar-refractivity contribution is -0.137. The molecule has 0 bridgehead atoms. The van der Waals surface area contributed by atoms with Crippen molar-refractivity contribution in [3.05, 3.63) is 51.1 Å². The number of anilines is 2. The molecule has 3 N–H and O–H groups in total. The minimum atomic E-state index is -1.09. The summed E-state index contributed by atoms with van der Waals surface area (Å²) in [5.41, 5.74) is 0.368. The number of aromatic nitrogens is 1. The number of amides is 1. The fraction of sp³-hybridized carbons (Fsp3) is 0.304. The number of nitrogens with one attached hydrogen (secondary N) is 2. The molecule has 0 atom stereocenters. The monoisotopic (exact) mass is 523 g/mol. The molecule has 1 aromatic carbocycles. The molecule has 0 fully saturated rings. The first-order valence-corrected chi connectivity index (χ1v) is 11.4. The number of aliphatic carboxylic acids is 1. The highest BCUT2D eigenvalue weighted by Crippen LogP contribution is 2.40. The van der Waals surface area contributed by atoms with E-state index in [0.717, 1.165) is 0 Å². The lowest BCUT2D eigenvalue weighted by atomic mass is 10.1. The van der Waals surface area contributed by atoms with Crippen molar-refractivity contribution < 1.29 is 28.6 Å². The molecule has 0 aliphatic carbocycles. The Bertz CT molecular complexity index is 1260. The Labute approximate surface area is 210 Å². The summed E-state index contributed by atoms with van der Waals surface area (Å²) in [6.45, 7) is -0.125. The Morgan fingerprint density at radius 2 is 1.89 bits per heavy atom. The van der Waals surface area contributed by atoms with Crippen LogP contribution in [0.5, 0.6) is 11.5 Å². The van der Waals surface area contributed by atoms with E-state index in [0.29, 0.717) is 41.8 Å². The third-order valence-electron chi connectivity index (χ3n) is 4.90. The normalized spacial score (nSPS) is 10.7. The van der Waals surface area contributed by atoms with E-state index in [1.54, 1.807) is 12.1 Å². The molecule has 186 valence electrons. The molecule has 0 unspecified atom stereocenters. The van der Waals surface area contributed by atoms with E-state index in [9.17, 15) is 14.4 Å². The standard InChI is InChI=1S/C23H23Cl2N3O7/c1-33-17-7-6-13-16(28-21-14(24)10-26-11-15(21)25)9-20(32)35-22(13)23(17)34-8-4-2-3-5-18(29)27-12-19(30)31/h6-7,9-11H,2-5,8,12H2,1H3,(H,26,28)(H,27,29)(H,30,31). The Balaban J connectivity index is 1.73. The fourth-order valence-corrected chi connectivity index (χ4v) is 3.71. The number of hydrogen-bond acceptors (Lipinski definition) is 8. The fourth-order valence-electron chi connectivity index (χ4n) is 3.25. The van der Waals surface area contributed by atoms with Crippen molar-refractivity contribution in [2.75, 3.05) is 25.6 Å². The molecular formula is C23H23Cl2N3O7. The number of carboxylic acids is 1. The van der Waals surface area contributed by atoms with Crippen LogP contribution in [0.3, 0.4) is 0 Å². The minimum Gasteiger partial charge on any atom is -0.493 e. The number of unbranched alkanes of at least 4 members (excludes halogenated alkanes) is 2. The van der Waals surface area contributed by atoms with Crippen LogP contribution in [0.25, 0.3) is 11.0 Å². The number of rotatable bonds is 12. The van der Waals surface area contributed by atoms with E-state index in [4.69, 9.17) is 42.2 Å². The maximum Gasteiger partial charge on any atom is 0.338 e. The highest BCUT2D eigenvalue weighted by atomic mass is 35.5. The van der Waals surface area contributed by atoms with Crippen LogP contribution >= 0.6 is 23.2 Å². The Morgan fingerprint density at radius 3 is 2.57 bits per heavy atom. The van der Waals surface area contributed by atoms with Gasteiger partial charge in [0.1, 0.15) is 6.54 Å². The summed E-state index contributed by atoms with van der Waals surface area (Å²) in [5, 5.41) is 15.1. The van der Waals surface area contributed by atoms with Crippen LogP contribution in [-0.4, -0.2) is 42.2 Å². The summed E-state index contributed by atoms with van der Waals surface area (Å²) in [4.78, 5) is 38.3. The zero-order chi connectivity index (χ0) is 25.4. The van der Waals surface area contributed by atoms with E-state index < -0.39 is 18.1 Å². The molecule has 35 heavy (non-hydrogen) atoms. The molecule has 10 nitrogen and oxygen atoms in total. The predicted molar refractivity (Wildman–Crippen MR) is 131 cm³/mol. The van der Waals surface area contributed by atoms with Crippen LogP contribution < -0.4 is 25.7 Å². The highest BCUT2D eigenvalue weighted by molar-refractivity contribution is 6.39. The van der Waals surface area contributed by atoms with Gasteiger partial charge in [0.25, 0.3) is 0 Å². The van der Waals surface area contributed by atoms with Crippen molar-refractivity contribution in [3.63, 3.8) is 0 Å². The van der Waals surface area contributed by atoms with Crippen molar-refractivity contribution in [1.29, 1.82) is 0 Å². The number of pyridine rings is 1. The van der Waals surface area contributed by atoms with E-state index >= 15 is 0 Å². The lowest BCUT2D eigenvalue weighted by Crippen LogP contribution is -2.28. The third kappa shape index (κ3) is 7.00. The molecule has 0 saturated carbocycles. The maximum absolute atomic E-state index is 12.3. The SMILES string of the molecule is COc1ccc2c(Nc3c(Cl)cncc3Cl)cc(=O)oc2c1OCCCCCC(=O)NCC(=O)O. The van der Waals surface area contributed by atoms with Crippen LogP contribution in [0.4, 0.5) is 11.4 Å². The van der Waals surface area contributed by atoms with Gasteiger partial charge in [-0.1, -0.05) is 23.2 Å². The van der Waals surface area contributed by atoms with E-state index in [-0.39, 0.29) is 40.3 Å². The summed E-state index contributed by atoms with van der Waals surface area (Å²) in [5.74, 6) is -0.768. The van der Waals surface area contributed by atoms with Crippen molar-refractivity contribution in [1.82, 2.24) is 10.3 Å². The van der Waals surface area contributed by atoms with Gasteiger partial charge >= 0.3 is 11.6 Å². The van der Waals surface area contributed by atoms with Gasteiger partial charge in [0.05, 0.1) is 35.1 Å². The third-order valence-corrected chi connectivity index (χ3v) is 5.47. The van der Waals surface area contributed by atoms with Crippen molar-refractivity contribution in [3.8, 4) is 11.5 Å². The molecule has 3 aromatic rings. The number of halogens is 2. The maximum atomic E-state index is 12.3. The minimum absolute atomic E-state index is 0.189. The predicted octanol–water partition coefficient (Wildman–Crippen LogP) is 4.39. The van der Waals surface area contributed by atoms with Crippen LogP contribution in [0, 0.1) is 0 Å². The largest absolute Gasteiger partial charge is 0.493 e. The summed E-state index contributed by atoms with van der Waals surface area (Å²) in [6.07, 6.45) is 4.92. The molecule has 3 rings (SSSR count). The molecular weight excluding hydrogens is 501 g/mol. The summed E-state index contributed by atoms with van der Waals surface area (Å²) >= 11 is 12.4. The van der Waals surface area contributed by atoms with Crippen LogP contribution in [-0.2, 0) is 9.59 Å². The zero-order valence-corrected chi connectivity index (χ0v) is 20.2.